The first-order valence-electron chi connectivity index (χ1n) is 12.0. The summed E-state index contributed by atoms with van der Waals surface area (Å²) >= 11 is 0. The molecule has 37 heavy (non-hydrogen) atoms. The summed E-state index contributed by atoms with van der Waals surface area (Å²) in [6.45, 7) is 14.3. The number of nitrogens with one attached hydrogen (secondary N) is 1. The van der Waals surface area contributed by atoms with Gasteiger partial charge in [-0.15, -0.1) is 0 Å². The number of nitrogens with zero attached hydrogens (tertiary/aromatic N) is 4. The van der Waals surface area contributed by atoms with E-state index in [1.165, 1.54) is 11.1 Å². The molecule has 2 N–H and O–H groups in total. The van der Waals surface area contributed by atoms with E-state index in [1.807, 2.05) is 6.07 Å². The molecule has 0 atom stereocenters. The predicted octanol–water partition coefficient (Wildman–Crippen LogP) is 3.90. The van der Waals surface area contributed by atoms with E-state index in [2.05, 4.69) is 72.1 Å². The molecule has 11 heteroatoms. The Balaban J connectivity index is 0.000000604. The Kier molecular flexibility index (Phi) is 11.0. The fraction of sp³-hybridized carbons (Fsp3) is 0.538. The molecular formula is C26H34F3N5O3. The zero-order chi connectivity index (χ0) is 27.6. The van der Waals surface area contributed by atoms with E-state index in [1.54, 1.807) is 0 Å². The van der Waals surface area contributed by atoms with Crippen molar-refractivity contribution in [3.63, 3.8) is 0 Å². The average Bonchev–Trinajstić information content (AvgIpc) is 2.83. The third kappa shape index (κ3) is 10.4. The Morgan fingerprint density at radius 3 is 2.38 bits per heavy atom. The molecule has 0 radical (unpaired) electrons. The van der Waals surface area contributed by atoms with Crippen LogP contribution in [-0.2, 0) is 16.0 Å². The lowest BCUT2D eigenvalue weighted by Gasteiger charge is -2.35. The van der Waals surface area contributed by atoms with Gasteiger partial charge in [-0.05, 0) is 70.3 Å². The molecule has 0 spiro atoms. The van der Waals surface area contributed by atoms with Gasteiger partial charge >= 0.3 is 12.1 Å². The summed E-state index contributed by atoms with van der Waals surface area (Å²) in [6, 6.07) is 10.4. The van der Waals surface area contributed by atoms with Crippen molar-refractivity contribution in [1.82, 2.24) is 20.2 Å². The number of morpholine rings is 1. The van der Waals surface area contributed by atoms with Gasteiger partial charge in [-0.2, -0.15) is 18.4 Å². The molecule has 1 aliphatic rings. The van der Waals surface area contributed by atoms with E-state index in [-0.39, 0.29) is 11.4 Å². The van der Waals surface area contributed by atoms with Gasteiger partial charge in [0.2, 0.25) is 5.82 Å². The second-order valence-electron chi connectivity index (χ2n) is 9.58. The number of rotatable bonds is 8. The predicted molar refractivity (Wildman–Crippen MR) is 133 cm³/mol. The van der Waals surface area contributed by atoms with E-state index in [0.29, 0.717) is 0 Å². The number of carbonyl (C=O) groups is 1. The first-order chi connectivity index (χ1) is 17.3. The van der Waals surface area contributed by atoms with E-state index in [4.69, 9.17) is 14.6 Å². The number of nitriles is 1. The highest BCUT2D eigenvalue weighted by atomic mass is 19.4. The van der Waals surface area contributed by atoms with Crippen LogP contribution in [0, 0.1) is 25.2 Å². The molecule has 1 aliphatic heterocycles. The molecule has 1 aromatic heterocycles. The number of aryl methyl sites for hydroxylation is 3. The smallest absolute Gasteiger partial charge is 0.475 e. The van der Waals surface area contributed by atoms with Gasteiger partial charge in [-0.3, -0.25) is 4.90 Å². The molecule has 0 unspecified atom stereocenters. The maximum atomic E-state index is 10.6. The molecule has 3 rings (SSSR count). The van der Waals surface area contributed by atoms with Crippen molar-refractivity contribution in [1.29, 1.82) is 5.26 Å². The van der Waals surface area contributed by atoms with Crippen LogP contribution >= 0.6 is 0 Å². The quantitative estimate of drug-likeness (QED) is 0.504. The number of hydrogen-bond donors (Lipinski definition) is 2. The Hall–Kier alpha value is -3.07. The summed E-state index contributed by atoms with van der Waals surface area (Å²) in [7, 11) is 0. The molecule has 0 aliphatic carbocycles. The molecule has 1 aromatic carbocycles. The second-order valence-corrected chi connectivity index (χ2v) is 9.58. The zero-order valence-electron chi connectivity index (χ0n) is 21.7. The fourth-order valence-corrected chi connectivity index (χ4v) is 3.79. The highest BCUT2D eigenvalue weighted by molar-refractivity contribution is 5.73. The molecule has 202 valence electrons. The van der Waals surface area contributed by atoms with Crippen LogP contribution in [0.5, 0.6) is 0 Å². The van der Waals surface area contributed by atoms with Gasteiger partial charge in [-0.25, -0.2) is 14.8 Å². The van der Waals surface area contributed by atoms with Crippen LogP contribution in [0.2, 0.25) is 0 Å². The highest BCUT2D eigenvalue weighted by Gasteiger charge is 2.38. The molecule has 0 amide bonds. The van der Waals surface area contributed by atoms with E-state index >= 15 is 0 Å². The van der Waals surface area contributed by atoms with Crippen molar-refractivity contribution in [2.75, 3.05) is 39.4 Å². The van der Waals surface area contributed by atoms with Crippen LogP contribution < -0.4 is 5.32 Å². The topological polar surface area (TPSA) is 111 Å². The number of aromatic nitrogens is 2. The number of carboxylic acid groups (broad SMARTS) is 1. The van der Waals surface area contributed by atoms with Gasteiger partial charge in [0.25, 0.3) is 0 Å². The molecule has 2 aromatic rings. The van der Waals surface area contributed by atoms with Gasteiger partial charge in [0.1, 0.15) is 6.07 Å². The molecule has 8 nitrogen and oxygen atoms in total. The van der Waals surface area contributed by atoms with Gasteiger partial charge < -0.3 is 15.2 Å². The van der Waals surface area contributed by atoms with Gasteiger partial charge in [0, 0.05) is 36.4 Å². The lowest BCUT2D eigenvalue weighted by molar-refractivity contribution is -0.192. The maximum absolute atomic E-state index is 10.6. The standard InChI is InChI=1S/C24H33N5O.C2HF3O2/c1-18-7-8-20(14-19(18)2)22-15-21(27-23(16-25)28-22)6-5-9-26-24(3,4)17-29-10-12-30-13-11-29;3-2(4,5)1(6)7/h7-8,14-15,26H,5-6,9-13,17H2,1-4H3;(H,6,7). The van der Waals surface area contributed by atoms with E-state index < -0.39 is 12.1 Å². The lowest BCUT2D eigenvalue weighted by atomic mass is 10.0. The van der Waals surface area contributed by atoms with E-state index in [0.717, 1.165) is 69.2 Å². The summed E-state index contributed by atoms with van der Waals surface area (Å²) in [6.07, 6.45) is -3.31. The largest absolute Gasteiger partial charge is 0.490 e. The van der Waals surface area contributed by atoms with Crippen molar-refractivity contribution >= 4 is 5.97 Å². The number of halogens is 3. The molecule has 2 heterocycles. The van der Waals surface area contributed by atoms with Crippen LogP contribution in [0.15, 0.2) is 24.3 Å². The van der Waals surface area contributed by atoms with Crippen LogP contribution in [0.1, 0.15) is 42.9 Å². The minimum Gasteiger partial charge on any atom is -0.475 e. The SMILES string of the molecule is Cc1ccc(-c2cc(CCCNC(C)(C)CN3CCOCC3)nc(C#N)n2)cc1C.O=C(O)C(F)(F)F. The number of carboxylic acids is 1. The van der Waals surface area contributed by atoms with Crippen LogP contribution in [-0.4, -0.2) is 77.1 Å². The third-order valence-electron chi connectivity index (χ3n) is 5.86. The van der Waals surface area contributed by atoms with Crippen LogP contribution in [0.25, 0.3) is 11.3 Å². The van der Waals surface area contributed by atoms with Gasteiger partial charge in [-0.1, -0.05) is 12.1 Å². The summed E-state index contributed by atoms with van der Waals surface area (Å²) in [5.41, 5.74) is 5.29. The first-order valence-corrected chi connectivity index (χ1v) is 12.0. The molecular weight excluding hydrogens is 487 g/mol. The van der Waals surface area contributed by atoms with Crippen LogP contribution in [0.3, 0.4) is 0 Å². The molecule has 0 bridgehead atoms. The Morgan fingerprint density at radius 1 is 1.16 bits per heavy atom. The van der Waals surface area contributed by atoms with Crippen molar-refractivity contribution in [3.8, 4) is 17.3 Å². The number of benzene rings is 1. The summed E-state index contributed by atoms with van der Waals surface area (Å²) in [5.74, 6) is -2.52. The third-order valence-corrected chi connectivity index (χ3v) is 5.86. The first kappa shape index (κ1) is 30.2. The van der Waals surface area contributed by atoms with E-state index in [9.17, 15) is 18.4 Å². The zero-order valence-corrected chi connectivity index (χ0v) is 21.7. The maximum Gasteiger partial charge on any atom is 0.490 e. The highest BCUT2D eigenvalue weighted by Crippen LogP contribution is 2.21. The normalized spacial score (nSPS) is 14.4. The van der Waals surface area contributed by atoms with Gasteiger partial charge in [0.05, 0.1) is 18.9 Å². The van der Waals surface area contributed by atoms with Crippen molar-refractivity contribution in [2.24, 2.45) is 0 Å². The number of ether oxygens (including phenoxy) is 1. The molecule has 1 saturated heterocycles. The van der Waals surface area contributed by atoms with Crippen LogP contribution in [0.4, 0.5) is 13.2 Å². The Labute approximate surface area is 215 Å². The Morgan fingerprint density at radius 2 is 1.81 bits per heavy atom. The number of aliphatic carboxylic acids is 1. The van der Waals surface area contributed by atoms with Gasteiger partial charge in [0.15, 0.2) is 0 Å². The lowest BCUT2D eigenvalue weighted by Crippen LogP contribution is -2.52. The minimum atomic E-state index is -5.08. The minimum absolute atomic E-state index is 0.0470. The molecule has 0 saturated carbocycles. The molecule has 1 fully saturated rings. The second kappa shape index (κ2) is 13.5. The summed E-state index contributed by atoms with van der Waals surface area (Å²) in [5, 5.41) is 20.2. The summed E-state index contributed by atoms with van der Waals surface area (Å²) < 4.78 is 37.2. The number of alkyl halides is 3. The fourth-order valence-electron chi connectivity index (χ4n) is 3.79. The summed E-state index contributed by atoms with van der Waals surface area (Å²) in [4.78, 5) is 20.2. The van der Waals surface area contributed by atoms with Crippen molar-refractivity contribution in [3.05, 3.63) is 46.9 Å². The Bertz CT molecular complexity index is 1090. The van der Waals surface area contributed by atoms with Crippen molar-refractivity contribution in [2.45, 2.75) is 52.3 Å². The van der Waals surface area contributed by atoms with Crippen molar-refractivity contribution < 1.29 is 27.8 Å². The average molecular weight is 522 g/mol. The monoisotopic (exact) mass is 521 g/mol. The number of hydrogen-bond acceptors (Lipinski definition) is 7.